The Kier molecular flexibility index (Phi) is 42.6. The van der Waals surface area contributed by atoms with E-state index in [1.54, 1.807) is 0 Å². The average Bonchev–Trinajstić information content (AvgIpc) is 3.18. The number of nitrogens with one attached hydrogen (secondary N) is 1. The molecule has 3 atom stereocenters. The zero-order chi connectivity index (χ0) is 40.3. The number of aliphatic hydroxyl groups excluding tert-OH is 2. The molecule has 0 aliphatic carbocycles. The predicted molar refractivity (Wildman–Crippen MR) is 237 cm³/mol. The van der Waals surface area contributed by atoms with Crippen LogP contribution in [0.2, 0.25) is 0 Å². The second-order valence-electron chi connectivity index (χ2n) is 16.9. The van der Waals surface area contributed by atoms with Gasteiger partial charge in [0.1, 0.15) is 6.10 Å². The van der Waals surface area contributed by atoms with Gasteiger partial charge < -0.3 is 20.3 Å². The molecule has 0 aromatic carbocycles. The van der Waals surface area contributed by atoms with Crippen LogP contribution in [-0.4, -0.2) is 46.9 Å². The van der Waals surface area contributed by atoms with E-state index in [9.17, 15) is 19.8 Å². The number of carbonyl (C=O) groups excluding carboxylic acids is 2. The Morgan fingerprint density at radius 3 is 1.31 bits per heavy atom. The number of carbonyl (C=O) groups is 2. The normalized spacial score (nSPS) is 13.3. The van der Waals surface area contributed by atoms with Crippen LogP contribution in [0.5, 0.6) is 0 Å². The number of rotatable bonds is 44. The summed E-state index contributed by atoms with van der Waals surface area (Å²) in [5.74, 6) is -0.472. The predicted octanol–water partition coefficient (Wildman–Crippen LogP) is 14.2. The monoisotopic (exact) mass is 778 g/mol. The second kappa shape index (κ2) is 43.7. The lowest BCUT2D eigenvalue weighted by molar-refractivity contribution is -0.151. The minimum atomic E-state index is -0.783. The Labute approximate surface area is 342 Å². The molecule has 0 fully saturated rings. The van der Waals surface area contributed by atoms with E-state index in [0.717, 1.165) is 57.8 Å². The second-order valence-corrected chi connectivity index (χ2v) is 16.9. The maximum Gasteiger partial charge on any atom is 0.306 e. The Morgan fingerprint density at radius 2 is 0.873 bits per heavy atom. The molecule has 0 saturated heterocycles. The molecule has 0 heterocycles. The third-order valence-electron chi connectivity index (χ3n) is 11.3. The summed E-state index contributed by atoms with van der Waals surface area (Å²) in [5.41, 5.74) is 0. The van der Waals surface area contributed by atoms with Crippen LogP contribution < -0.4 is 5.32 Å². The van der Waals surface area contributed by atoms with Crippen LogP contribution in [0.4, 0.5) is 0 Å². The van der Waals surface area contributed by atoms with Crippen molar-refractivity contribution < 1.29 is 24.5 Å². The van der Waals surface area contributed by atoms with E-state index in [1.165, 1.54) is 161 Å². The molecule has 0 aromatic heterocycles. The van der Waals surface area contributed by atoms with Gasteiger partial charge in [-0.05, 0) is 51.4 Å². The Hall–Kier alpha value is -1.40. The first kappa shape index (κ1) is 53.6. The van der Waals surface area contributed by atoms with Gasteiger partial charge in [-0.2, -0.15) is 0 Å². The van der Waals surface area contributed by atoms with Gasteiger partial charge in [-0.3, -0.25) is 9.59 Å². The molecule has 6 nitrogen and oxygen atoms in total. The van der Waals surface area contributed by atoms with Crippen molar-refractivity contribution in [2.75, 3.05) is 6.61 Å². The summed E-state index contributed by atoms with van der Waals surface area (Å²) >= 11 is 0. The summed E-state index contributed by atoms with van der Waals surface area (Å²) < 4.78 is 5.90. The fourth-order valence-corrected chi connectivity index (χ4v) is 7.60. The van der Waals surface area contributed by atoms with Crippen molar-refractivity contribution in [1.82, 2.24) is 5.32 Å². The maximum absolute atomic E-state index is 13.1. The first-order valence-electron chi connectivity index (χ1n) is 24.4. The standard InChI is InChI=1S/C49H95NO5/c1-4-7-10-13-16-19-21-23-25-27-30-32-35-38-41-47(52)46(44-51)50-48(53)43-45(55-49(54)42-39-36-33-28-18-15-12-9-6-3)40-37-34-31-29-26-24-22-20-17-14-11-8-5-2/h20,22,45-47,51-52H,4-19,21,23-44H2,1-3H3,(H,50,53)/b22-20-. The Balaban J connectivity index is 4.51. The fraction of sp³-hybridized carbons (Fsp3) is 0.918. The number of allylic oxidation sites excluding steroid dienone is 2. The van der Waals surface area contributed by atoms with Crippen molar-refractivity contribution in [2.45, 2.75) is 283 Å². The molecule has 326 valence electrons. The third-order valence-corrected chi connectivity index (χ3v) is 11.3. The van der Waals surface area contributed by atoms with Gasteiger partial charge in [-0.25, -0.2) is 0 Å². The molecule has 0 aliphatic heterocycles. The van der Waals surface area contributed by atoms with Crippen LogP contribution >= 0.6 is 0 Å². The van der Waals surface area contributed by atoms with Crippen molar-refractivity contribution in [1.29, 1.82) is 0 Å². The molecule has 0 aromatic rings. The summed E-state index contributed by atoms with van der Waals surface area (Å²) in [4.78, 5) is 26.0. The average molecular weight is 778 g/mol. The number of aliphatic hydroxyl groups is 2. The van der Waals surface area contributed by atoms with Gasteiger partial charge >= 0.3 is 5.97 Å². The molecule has 3 unspecified atom stereocenters. The van der Waals surface area contributed by atoms with Gasteiger partial charge in [0.2, 0.25) is 5.91 Å². The van der Waals surface area contributed by atoms with E-state index >= 15 is 0 Å². The number of ether oxygens (including phenoxy) is 1. The van der Waals surface area contributed by atoms with E-state index in [4.69, 9.17) is 4.74 Å². The zero-order valence-electron chi connectivity index (χ0n) is 37.1. The van der Waals surface area contributed by atoms with Gasteiger partial charge in [0, 0.05) is 6.42 Å². The van der Waals surface area contributed by atoms with Crippen LogP contribution in [0, 0.1) is 0 Å². The summed E-state index contributed by atoms with van der Waals surface area (Å²) in [6.45, 7) is 6.46. The summed E-state index contributed by atoms with van der Waals surface area (Å²) in [6.07, 6.45) is 47.0. The molecule has 0 rings (SSSR count). The van der Waals surface area contributed by atoms with E-state index < -0.39 is 18.2 Å². The van der Waals surface area contributed by atoms with Crippen LogP contribution in [0.1, 0.15) is 265 Å². The third kappa shape index (κ3) is 39.2. The topological polar surface area (TPSA) is 95.9 Å². The van der Waals surface area contributed by atoms with Gasteiger partial charge in [0.25, 0.3) is 0 Å². The van der Waals surface area contributed by atoms with E-state index in [1.807, 2.05) is 0 Å². The molecule has 0 saturated carbocycles. The van der Waals surface area contributed by atoms with Gasteiger partial charge in [-0.1, -0.05) is 213 Å². The molecular formula is C49H95NO5. The number of amides is 1. The number of hydrogen-bond acceptors (Lipinski definition) is 5. The lowest BCUT2D eigenvalue weighted by Crippen LogP contribution is -2.46. The molecule has 1 amide bonds. The summed E-state index contributed by atoms with van der Waals surface area (Å²) in [7, 11) is 0. The lowest BCUT2D eigenvalue weighted by Gasteiger charge is -2.24. The molecule has 0 radical (unpaired) electrons. The number of hydrogen-bond donors (Lipinski definition) is 3. The molecule has 6 heteroatoms. The maximum atomic E-state index is 13.1. The van der Waals surface area contributed by atoms with Crippen LogP contribution in [-0.2, 0) is 14.3 Å². The molecule has 0 aliphatic rings. The molecule has 0 spiro atoms. The molecule has 55 heavy (non-hydrogen) atoms. The quantitative estimate of drug-likeness (QED) is 0.0325. The lowest BCUT2D eigenvalue weighted by atomic mass is 10.0. The van der Waals surface area contributed by atoms with E-state index in [-0.39, 0.29) is 24.9 Å². The summed E-state index contributed by atoms with van der Waals surface area (Å²) in [5, 5.41) is 23.7. The number of unbranched alkanes of at least 4 members (excludes halogenated alkanes) is 30. The SMILES string of the molecule is CCCCCC/C=C\CCCCCCCC(CC(=O)NC(CO)C(O)CCCCCCCCCCCCCCCC)OC(=O)CCCCCCCCCCC. The molecule has 3 N–H and O–H groups in total. The highest BCUT2D eigenvalue weighted by molar-refractivity contribution is 5.77. The summed E-state index contributed by atoms with van der Waals surface area (Å²) in [6, 6.07) is -0.696. The van der Waals surface area contributed by atoms with Crippen molar-refractivity contribution in [2.24, 2.45) is 0 Å². The van der Waals surface area contributed by atoms with Crippen LogP contribution in [0.3, 0.4) is 0 Å². The minimum Gasteiger partial charge on any atom is -0.462 e. The highest BCUT2D eigenvalue weighted by Gasteiger charge is 2.24. The zero-order valence-corrected chi connectivity index (χ0v) is 37.1. The molecule has 0 bridgehead atoms. The van der Waals surface area contributed by atoms with Crippen LogP contribution in [0.25, 0.3) is 0 Å². The van der Waals surface area contributed by atoms with Crippen molar-refractivity contribution >= 4 is 11.9 Å². The van der Waals surface area contributed by atoms with Crippen LogP contribution in [0.15, 0.2) is 12.2 Å². The van der Waals surface area contributed by atoms with Gasteiger partial charge in [0.15, 0.2) is 0 Å². The highest BCUT2D eigenvalue weighted by atomic mass is 16.5. The van der Waals surface area contributed by atoms with Crippen molar-refractivity contribution in [3.63, 3.8) is 0 Å². The largest absolute Gasteiger partial charge is 0.462 e. The highest BCUT2D eigenvalue weighted by Crippen LogP contribution is 2.18. The Bertz CT molecular complexity index is 832. The first-order chi connectivity index (χ1) is 27.0. The molecular weight excluding hydrogens is 683 g/mol. The number of esters is 1. The Morgan fingerprint density at radius 1 is 0.509 bits per heavy atom. The van der Waals surface area contributed by atoms with Crippen molar-refractivity contribution in [3.8, 4) is 0 Å². The van der Waals surface area contributed by atoms with Crippen molar-refractivity contribution in [3.05, 3.63) is 12.2 Å². The van der Waals surface area contributed by atoms with E-state index in [2.05, 4.69) is 38.2 Å². The fourth-order valence-electron chi connectivity index (χ4n) is 7.60. The van der Waals surface area contributed by atoms with Gasteiger partial charge in [0.05, 0.1) is 25.2 Å². The smallest absolute Gasteiger partial charge is 0.306 e. The minimum absolute atomic E-state index is 0.0780. The van der Waals surface area contributed by atoms with Gasteiger partial charge in [-0.15, -0.1) is 0 Å². The van der Waals surface area contributed by atoms with E-state index in [0.29, 0.717) is 19.3 Å². The first-order valence-corrected chi connectivity index (χ1v) is 24.4.